The first-order valence-electron chi connectivity index (χ1n) is 33.1. The summed E-state index contributed by atoms with van der Waals surface area (Å²) in [5, 5.41) is 25.6. The Bertz CT molecular complexity index is 1890. The van der Waals surface area contributed by atoms with E-state index < -0.39 is 54.1 Å². The van der Waals surface area contributed by atoms with Gasteiger partial charge in [0.25, 0.3) is 0 Å². The molecule has 0 fully saturated rings. The van der Waals surface area contributed by atoms with Crippen LogP contribution in [0.15, 0.2) is 9.98 Å². The van der Waals surface area contributed by atoms with Crippen molar-refractivity contribution in [2.24, 2.45) is 38.7 Å². The smallest absolute Gasteiger partial charge is 0.475 e. The number of carboxylic acids is 2. The number of aliphatic imine (C=N–C) groups is 2. The molecule has 0 aliphatic heterocycles. The maximum atomic E-state index is 13.7. The molecule has 16 N–H and O–H groups in total. The summed E-state index contributed by atoms with van der Waals surface area (Å²) >= 11 is 0. The summed E-state index contributed by atoms with van der Waals surface area (Å²) in [7, 11) is 0. The number of unbranched alkanes of at least 4 members (excludes halogenated alkanes) is 28. The van der Waals surface area contributed by atoms with Gasteiger partial charge in [-0.1, -0.05) is 194 Å². The molecule has 0 saturated carbocycles. The van der Waals surface area contributed by atoms with Gasteiger partial charge in [0.1, 0.15) is 12.1 Å². The Morgan fingerprint density at radius 2 is 0.700 bits per heavy atom. The molecule has 0 bridgehead atoms. The van der Waals surface area contributed by atoms with Crippen LogP contribution >= 0.6 is 0 Å². The fourth-order valence-corrected chi connectivity index (χ4v) is 9.33. The molecule has 6 amide bonds. The second-order valence-corrected chi connectivity index (χ2v) is 22.8. The second-order valence-electron chi connectivity index (χ2n) is 22.8. The van der Waals surface area contributed by atoms with Crippen molar-refractivity contribution >= 4 is 59.3 Å². The van der Waals surface area contributed by atoms with Crippen LogP contribution in [0.1, 0.15) is 271 Å². The molecule has 2 atom stereocenters. The van der Waals surface area contributed by atoms with Gasteiger partial charge in [0.15, 0.2) is 11.9 Å². The number of hydrogen-bond donors (Lipinski definition) is 11. The van der Waals surface area contributed by atoms with Gasteiger partial charge < -0.3 is 65.0 Å². The van der Waals surface area contributed by atoms with E-state index in [1.54, 1.807) is 4.90 Å². The van der Waals surface area contributed by atoms with Gasteiger partial charge in [-0.25, -0.2) is 9.59 Å². The number of carbonyl (C=O) groups excluding carboxylic acids is 6. The Labute approximate surface area is 531 Å². The standard InChI is InChI=1S/C58H114N12O6.2C2HF3O2/c1-3-5-7-9-11-13-15-17-19-21-23-25-27-29-31-39-51(71)64-45-35-47-70(48-36-46-65-52(72)40-32-30-28-26-24-22-20-18-16-14-12-10-8-6-4-2)54(74)42-41-53(73)68-50(38-34-44-67-58(62)63)56(76)69-49(55(59)75)37-33-43-66-57(60)61;2*3-2(4,5)1(6)7/h49-50H,3-48H2,1-2H3,(H2,59,75)(H,64,71)(H,65,72)(H,68,73)(H,69,76)(H4,60,61,66)(H4,62,63,67);2*(H,6,7)/t49-,50-;;/m0../s1. The molecule has 0 aliphatic rings. The lowest BCUT2D eigenvalue weighted by Crippen LogP contribution is -2.53. The lowest BCUT2D eigenvalue weighted by molar-refractivity contribution is -0.193. The molecular formula is C62H116F6N12O10. The third-order valence-electron chi connectivity index (χ3n) is 14.5. The van der Waals surface area contributed by atoms with Crippen molar-refractivity contribution in [2.75, 3.05) is 39.3 Å². The van der Waals surface area contributed by atoms with Gasteiger partial charge in [0.05, 0.1) is 0 Å². The first kappa shape index (κ1) is 88.1. The minimum Gasteiger partial charge on any atom is -0.475 e. The van der Waals surface area contributed by atoms with E-state index in [-0.39, 0.29) is 68.4 Å². The monoisotopic (exact) mass is 1300 g/mol. The number of rotatable bonds is 55. The third-order valence-corrected chi connectivity index (χ3v) is 14.5. The molecule has 0 aromatic heterocycles. The predicted octanol–water partition coefficient (Wildman–Crippen LogP) is 9.96. The largest absolute Gasteiger partial charge is 0.490 e. The number of aliphatic carboxylic acids is 2. The van der Waals surface area contributed by atoms with Crippen LogP contribution < -0.4 is 49.9 Å². The Morgan fingerprint density at radius 3 is 0.989 bits per heavy atom. The molecule has 0 unspecified atom stereocenters. The Morgan fingerprint density at radius 1 is 0.400 bits per heavy atom. The zero-order valence-electron chi connectivity index (χ0n) is 54.3. The van der Waals surface area contributed by atoms with Crippen molar-refractivity contribution in [1.29, 1.82) is 0 Å². The number of carboxylic acid groups (broad SMARTS) is 2. The van der Waals surface area contributed by atoms with E-state index in [0.29, 0.717) is 64.7 Å². The highest BCUT2D eigenvalue weighted by atomic mass is 19.4. The van der Waals surface area contributed by atoms with Gasteiger partial charge in [-0.2, -0.15) is 26.3 Å². The molecule has 90 heavy (non-hydrogen) atoms. The van der Waals surface area contributed by atoms with E-state index in [2.05, 4.69) is 45.1 Å². The average molecular weight is 1300 g/mol. The zero-order chi connectivity index (χ0) is 68.3. The summed E-state index contributed by atoms with van der Waals surface area (Å²) in [5.41, 5.74) is 27.3. The summed E-state index contributed by atoms with van der Waals surface area (Å²) in [6, 6.07) is -2.10. The first-order valence-corrected chi connectivity index (χ1v) is 33.1. The summed E-state index contributed by atoms with van der Waals surface area (Å²) < 4.78 is 63.5. The van der Waals surface area contributed by atoms with Crippen LogP contribution in [0.4, 0.5) is 26.3 Å². The Balaban J connectivity index is -0.00000479. The fourth-order valence-electron chi connectivity index (χ4n) is 9.33. The molecule has 0 spiro atoms. The number of halogens is 6. The van der Waals surface area contributed by atoms with Crippen LogP contribution in [0.5, 0.6) is 0 Å². The van der Waals surface area contributed by atoms with Crippen molar-refractivity contribution in [3.63, 3.8) is 0 Å². The van der Waals surface area contributed by atoms with E-state index >= 15 is 0 Å². The average Bonchev–Trinajstić information content (AvgIpc) is 3.44. The van der Waals surface area contributed by atoms with Gasteiger partial charge in [-0.3, -0.25) is 38.8 Å². The maximum Gasteiger partial charge on any atom is 0.490 e. The lowest BCUT2D eigenvalue weighted by Gasteiger charge is -2.24. The second kappa shape index (κ2) is 59.2. The molecule has 0 heterocycles. The highest BCUT2D eigenvalue weighted by Gasteiger charge is 2.39. The van der Waals surface area contributed by atoms with Crippen molar-refractivity contribution in [3.8, 4) is 0 Å². The molecule has 0 rings (SSSR count). The van der Waals surface area contributed by atoms with Gasteiger partial charge in [-0.05, 0) is 51.4 Å². The number of nitrogens with two attached hydrogens (primary N) is 5. The summed E-state index contributed by atoms with van der Waals surface area (Å²) in [5.74, 6) is -7.88. The molecule has 28 heteroatoms. The lowest BCUT2D eigenvalue weighted by atomic mass is 10.0. The quantitative estimate of drug-likeness (QED) is 0.0117. The van der Waals surface area contributed by atoms with Crippen LogP contribution in [0.3, 0.4) is 0 Å². The van der Waals surface area contributed by atoms with Crippen LogP contribution in [-0.4, -0.2) is 138 Å². The number of primary amides is 1. The summed E-state index contributed by atoms with van der Waals surface area (Å²) in [4.78, 5) is 105. The number of alkyl halides is 6. The minimum absolute atomic E-state index is 0.00557. The molecule has 0 saturated heterocycles. The molecule has 0 aliphatic carbocycles. The normalized spacial score (nSPS) is 11.7. The third kappa shape index (κ3) is 62.1. The predicted molar refractivity (Wildman–Crippen MR) is 340 cm³/mol. The number of guanidine groups is 2. The van der Waals surface area contributed by atoms with E-state index in [1.807, 2.05) is 0 Å². The van der Waals surface area contributed by atoms with E-state index in [0.717, 1.165) is 38.5 Å². The molecular weight excluding hydrogens is 1190 g/mol. The van der Waals surface area contributed by atoms with Crippen LogP contribution in [0.2, 0.25) is 0 Å². The molecule has 0 aromatic carbocycles. The number of amides is 6. The maximum absolute atomic E-state index is 13.7. The summed E-state index contributed by atoms with van der Waals surface area (Å²) in [6.45, 7) is 6.50. The fraction of sp³-hybridized carbons (Fsp3) is 0.839. The molecule has 526 valence electrons. The molecule has 22 nitrogen and oxygen atoms in total. The van der Waals surface area contributed by atoms with E-state index in [1.165, 1.54) is 154 Å². The van der Waals surface area contributed by atoms with Crippen LogP contribution in [0.25, 0.3) is 0 Å². The first-order chi connectivity index (χ1) is 42.7. The van der Waals surface area contributed by atoms with Crippen LogP contribution in [0, 0.1) is 0 Å². The molecule has 0 aromatic rings. The molecule has 0 radical (unpaired) electrons. The van der Waals surface area contributed by atoms with Gasteiger partial charge in [0, 0.05) is 65.0 Å². The van der Waals surface area contributed by atoms with E-state index in [4.69, 9.17) is 48.5 Å². The SMILES string of the molecule is CCCCCCCCCCCCCCCCCC(=O)NCCCN(CCCNC(=O)CCCCCCCCCCCCCCCCC)C(=O)CCC(=O)N[C@@H](CCCN=C(N)N)C(=O)N[C@@H](CCCN=C(N)N)C(N)=O.O=C(O)C(F)(F)F.O=C(O)C(F)(F)F. The topological polar surface area (TPSA) is 383 Å². The number of nitrogens with zero attached hydrogens (tertiary/aromatic N) is 3. The van der Waals surface area contributed by atoms with Crippen molar-refractivity contribution in [2.45, 2.75) is 295 Å². The number of carbonyl (C=O) groups is 8. The van der Waals surface area contributed by atoms with E-state index in [9.17, 15) is 55.1 Å². The van der Waals surface area contributed by atoms with Gasteiger partial charge >= 0.3 is 24.3 Å². The number of hydrogen-bond acceptors (Lipinski definition) is 10. The number of nitrogens with one attached hydrogen (secondary N) is 4. The highest BCUT2D eigenvalue weighted by molar-refractivity contribution is 5.92. The van der Waals surface area contributed by atoms with Crippen LogP contribution in [-0.2, 0) is 38.4 Å². The van der Waals surface area contributed by atoms with Gasteiger partial charge in [0.2, 0.25) is 35.4 Å². The Kier molecular flexibility index (Phi) is 57.9. The van der Waals surface area contributed by atoms with Crippen molar-refractivity contribution < 1.29 is 74.9 Å². The van der Waals surface area contributed by atoms with Gasteiger partial charge in [-0.15, -0.1) is 0 Å². The minimum atomic E-state index is -5.08. The zero-order valence-corrected chi connectivity index (χ0v) is 54.3. The van der Waals surface area contributed by atoms with Crippen molar-refractivity contribution in [1.82, 2.24) is 26.2 Å². The summed E-state index contributed by atoms with van der Waals surface area (Å²) in [6.07, 6.45) is 30.5. The highest BCUT2D eigenvalue weighted by Crippen LogP contribution is 2.17. The van der Waals surface area contributed by atoms with Crippen molar-refractivity contribution in [3.05, 3.63) is 0 Å². The Hall–Kier alpha value is -6.12.